The van der Waals surface area contributed by atoms with E-state index in [4.69, 9.17) is 14.2 Å². The van der Waals surface area contributed by atoms with Crippen LogP contribution in [-0.4, -0.2) is 46.4 Å². The fourth-order valence-corrected chi connectivity index (χ4v) is 0.668. The standard InChI is InChI=1S/C7H13O4/c1-9-5-7(6-10-2)11-4-3-8/h7H,4-6H2,1-2H3. The van der Waals surface area contributed by atoms with E-state index in [2.05, 4.69) is 0 Å². The van der Waals surface area contributed by atoms with Gasteiger partial charge in [0.15, 0.2) is 0 Å². The molecule has 1 radical (unpaired) electrons. The zero-order valence-corrected chi connectivity index (χ0v) is 6.83. The molecule has 0 bridgehead atoms. The van der Waals surface area contributed by atoms with E-state index in [9.17, 15) is 4.79 Å². The topological polar surface area (TPSA) is 44.8 Å². The lowest BCUT2D eigenvalue weighted by atomic mass is 10.4. The predicted octanol–water partition coefficient (Wildman–Crippen LogP) is -0.226. The van der Waals surface area contributed by atoms with Gasteiger partial charge in [0, 0.05) is 14.2 Å². The molecule has 0 rings (SSSR count). The van der Waals surface area contributed by atoms with Crippen LogP contribution in [0.2, 0.25) is 0 Å². The van der Waals surface area contributed by atoms with Gasteiger partial charge in [-0.3, -0.25) is 4.79 Å². The summed E-state index contributed by atoms with van der Waals surface area (Å²) in [6.07, 6.45) is 1.46. The number of hydrogen-bond donors (Lipinski definition) is 0. The summed E-state index contributed by atoms with van der Waals surface area (Å²) >= 11 is 0. The van der Waals surface area contributed by atoms with Crippen LogP contribution in [0.3, 0.4) is 0 Å². The average molecular weight is 161 g/mol. The molecule has 0 aromatic heterocycles. The van der Waals surface area contributed by atoms with E-state index in [1.807, 2.05) is 0 Å². The number of ether oxygens (including phenoxy) is 3. The van der Waals surface area contributed by atoms with Gasteiger partial charge in [-0.25, -0.2) is 0 Å². The zero-order chi connectivity index (χ0) is 8.53. The third-order valence-electron chi connectivity index (χ3n) is 1.08. The van der Waals surface area contributed by atoms with Gasteiger partial charge in [-0.05, 0) is 0 Å². The van der Waals surface area contributed by atoms with Crippen molar-refractivity contribution in [1.29, 1.82) is 0 Å². The Balaban J connectivity index is 3.41. The summed E-state index contributed by atoms with van der Waals surface area (Å²) in [5, 5.41) is 0. The van der Waals surface area contributed by atoms with Crippen LogP contribution in [0.25, 0.3) is 0 Å². The van der Waals surface area contributed by atoms with Crippen LogP contribution in [0.1, 0.15) is 0 Å². The van der Waals surface area contributed by atoms with Crippen LogP contribution < -0.4 is 0 Å². The van der Waals surface area contributed by atoms with Crippen molar-refractivity contribution in [2.75, 3.05) is 34.0 Å². The van der Waals surface area contributed by atoms with E-state index in [0.717, 1.165) is 0 Å². The second kappa shape index (κ2) is 7.65. The molecule has 0 aliphatic heterocycles. The summed E-state index contributed by atoms with van der Waals surface area (Å²) in [7, 11) is 3.13. The average Bonchev–Trinajstić information content (AvgIpc) is 2.01. The highest BCUT2D eigenvalue weighted by atomic mass is 16.6. The van der Waals surface area contributed by atoms with Gasteiger partial charge < -0.3 is 14.2 Å². The first kappa shape index (κ1) is 10.6. The maximum absolute atomic E-state index is 9.79. The monoisotopic (exact) mass is 161 g/mol. The highest BCUT2D eigenvalue weighted by molar-refractivity contribution is 5.51. The van der Waals surface area contributed by atoms with E-state index in [1.54, 1.807) is 20.5 Å². The Morgan fingerprint density at radius 2 is 1.82 bits per heavy atom. The largest absolute Gasteiger partial charge is 0.382 e. The minimum Gasteiger partial charge on any atom is -0.382 e. The van der Waals surface area contributed by atoms with Crippen molar-refractivity contribution >= 4 is 6.29 Å². The van der Waals surface area contributed by atoms with Gasteiger partial charge in [-0.1, -0.05) is 0 Å². The van der Waals surface area contributed by atoms with E-state index in [-0.39, 0.29) is 12.7 Å². The van der Waals surface area contributed by atoms with Crippen molar-refractivity contribution in [2.45, 2.75) is 6.10 Å². The Morgan fingerprint density at radius 3 is 2.18 bits per heavy atom. The number of hydrogen-bond acceptors (Lipinski definition) is 4. The third kappa shape index (κ3) is 5.97. The molecule has 0 heterocycles. The van der Waals surface area contributed by atoms with Crippen molar-refractivity contribution in [2.24, 2.45) is 0 Å². The SMILES string of the molecule is COCC(COC)OC[C]=O. The van der Waals surface area contributed by atoms with E-state index >= 15 is 0 Å². The molecule has 0 unspecified atom stereocenters. The maximum atomic E-state index is 9.79. The fourth-order valence-electron chi connectivity index (χ4n) is 0.668. The highest BCUT2D eigenvalue weighted by Crippen LogP contribution is 1.92. The molecule has 0 aliphatic rings. The molecule has 0 fully saturated rings. The lowest BCUT2D eigenvalue weighted by Crippen LogP contribution is -2.25. The van der Waals surface area contributed by atoms with Crippen LogP contribution in [-0.2, 0) is 19.0 Å². The molecule has 0 aromatic rings. The summed E-state index contributed by atoms with van der Waals surface area (Å²) in [4.78, 5) is 9.79. The predicted molar refractivity (Wildman–Crippen MR) is 39.2 cm³/mol. The van der Waals surface area contributed by atoms with Gasteiger partial charge in [0.25, 0.3) is 0 Å². The van der Waals surface area contributed by atoms with Crippen LogP contribution in [0, 0.1) is 0 Å². The Bertz CT molecular complexity index is 88.4. The molecule has 0 aliphatic carbocycles. The first-order valence-corrected chi connectivity index (χ1v) is 3.29. The number of rotatable bonds is 7. The summed E-state index contributed by atoms with van der Waals surface area (Å²) in [5.74, 6) is 0. The molecule has 4 heteroatoms. The second-order valence-corrected chi connectivity index (χ2v) is 1.99. The molecule has 0 saturated carbocycles. The molecule has 0 atom stereocenters. The van der Waals surface area contributed by atoms with Crippen LogP contribution >= 0.6 is 0 Å². The summed E-state index contributed by atoms with van der Waals surface area (Å²) in [5.41, 5.74) is 0. The first-order valence-electron chi connectivity index (χ1n) is 3.29. The van der Waals surface area contributed by atoms with Crippen LogP contribution in [0.5, 0.6) is 0 Å². The molecular formula is C7H13O4. The van der Waals surface area contributed by atoms with Crippen LogP contribution in [0.4, 0.5) is 0 Å². The van der Waals surface area contributed by atoms with Gasteiger partial charge in [-0.2, -0.15) is 0 Å². The quantitative estimate of drug-likeness (QED) is 0.517. The van der Waals surface area contributed by atoms with Crippen molar-refractivity contribution in [3.05, 3.63) is 0 Å². The van der Waals surface area contributed by atoms with Crippen molar-refractivity contribution < 1.29 is 19.0 Å². The Morgan fingerprint density at radius 1 is 1.27 bits per heavy atom. The zero-order valence-electron chi connectivity index (χ0n) is 6.83. The minimum absolute atomic E-state index is 0.0304. The molecule has 4 nitrogen and oxygen atoms in total. The summed E-state index contributed by atoms with van der Waals surface area (Å²) in [6, 6.07) is 0. The second-order valence-electron chi connectivity index (χ2n) is 1.99. The lowest BCUT2D eigenvalue weighted by Gasteiger charge is -2.13. The smallest absolute Gasteiger partial charge is 0.226 e. The molecule has 0 spiro atoms. The van der Waals surface area contributed by atoms with Gasteiger partial charge in [-0.15, -0.1) is 0 Å². The number of carbonyl (C=O) groups excluding carboxylic acids is 1. The molecule has 0 saturated heterocycles. The van der Waals surface area contributed by atoms with Crippen molar-refractivity contribution in [3.8, 4) is 0 Å². The molecule has 11 heavy (non-hydrogen) atoms. The first-order chi connectivity index (χ1) is 5.35. The lowest BCUT2D eigenvalue weighted by molar-refractivity contribution is -0.0279. The Labute approximate surface area is 66.4 Å². The van der Waals surface area contributed by atoms with Gasteiger partial charge in [0.2, 0.25) is 6.29 Å². The van der Waals surface area contributed by atoms with Gasteiger partial charge in [0.05, 0.1) is 13.2 Å². The number of methoxy groups -OCH3 is 2. The molecule has 65 valence electrons. The van der Waals surface area contributed by atoms with Crippen molar-refractivity contribution in [3.63, 3.8) is 0 Å². The Hall–Kier alpha value is -0.450. The highest BCUT2D eigenvalue weighted by Gasteiger charge is 2.07. The van der Waals surface area contributed by atoms with E-state index < -0.39 is 0 Å². The van der Waals surface area contributed by atoms with Crippen molar-refractivity contribution in [1.82, 2.24) is 0 Å². The van der Waals surface area contributed by atoms with Gasteiger partial charge in [0.1, 0.15) is 12.7 Å². The Kier molecular flexibility index (Phi) is 7.34. The normalized spacial score (nSPS) is 10.5. The molecule has 0 N–H and O–H groups in total. The molecule has 0 amide bonds. The minimum atomic E-state index is -0.175. The third-order valence-corrected chi connectivity index (χ3v) is 1.08. The van der Waals surface area contributed by atoms with Gasteiger partial charge >= 0.3 is 0 Å². The summed E-state index contributed by atoms with van der Waals surface area (Å²) < 4.78 is 14.6. The van der Waals surface area contributed by atoms with Crippen LogP contribution in [0.15, 0.2) is 0 Å². The molecule has 0 aromatic carbocycles. The summed E-state index contributed by atoms with van der Waals surface area (Å²) in [6.45, 7) is 0.822. The van der Waals surface area contributed by atoms with E-state index in [1.165, 1.54) is 0 Å². The maximum Gasteiger partial charge on any atom is 0.226 e. The molecular weight excluding hydrogens is 148 g/mol. The van der Waals surface area contributed by atoms with E-state index in [0.29, 0.717) is 13.2 Å². The fraction of sp³-hybridized carbons (Fsp3) is 0.857.